The SMILES string of the molecule is COCCN(CCC#N)Cc1ccccc1[N+](=O)[O-]. The normalized spacial score (nSPS) is 10.4. The lowest BCUT2D eigenvalue weighted by atomic mass is 10.1. The van der Waals surface area contributed by atoms with Crippen LogP contribution in [0.4, 0.5) is 5.69 Å². The van der Waals surface area contributed by atoms with E-state index in [4.69, 9.17) is 10.00 Å². The highest BCUT2D eigenvalue weighted by Crippen LogP contribution is 2.19. The topological polar surface area (TPSA) is 79.4 Å². The number of nitro groups is 1. The maximum Gasteiger partial charge on any atom is 0.273 e. The minimum absolute atomic E-state index is 0.113. The van der Waals surface area contributed by atoms with Crippen LogP contribution in [0.1, 0.15) is 12.0 Å². The number of hydrogen-bond acceptors (Lipinski definition) is 5. The Morgan fingerprint density at radius 1 is 1.42 bits per heavy atom. The van der Waals surface area contributed by atoms with Gasteiger partial charge in [0.25, 0.3) is 5.69 Å². The highest BCUT2D eigenvalue weighted by atomic mass is 16.6. The zero-order chi connectivity index (χ0) is 14.1. The summed E-state index contributed by atoms with van der Waals surface area (Å²) in [5.41, 5.74) is 0.767. The molecule has 6 heteroatoms. The smallest absolute Gasteiger partial charge is 0.273 e. The number of para-hydroxylation sites is 1. The molecule has 0 saturated carbocycles. The predicted molar refractivity (Wildman–Crippen MR) is 70.5 cm³/mol. The Morgan fingerprint density at radius 3 is 2.79 bits per heavy atom. The van der Waals surface area contributed by atoms with E-state index in [2.05, 4.69) is 6.07 Å². The van der Waals surface area contributed by atoms with Gasteiger partial charge in [-0.05, 0) is 0 Å². The van der Waals surface area contributed by atoms with E-state index in [9.17, 15) is 10.1 Å². The Labute approximate surface area is 112 Å². The molecule has 0 heterocycles. The van der Waals surface area contributed by atoms with Gasteiger partial charge in [-0.25, -0.2) is 0 Å². The van der Waals surface area contributed by atoms with E-state index in [0.717, 1.165) is 0 Å². The van der Waals surface area contributed by atoms with Gasteiger partial charge in [-0.15, -0.1) is 0 Å². The largest absolute Gasteiger partial charge is 0.383 e. The Balaban J connectivity index is 2.77. The Hall–Kier alpha value is -1.97. The summed E-state index contributed by atoms with van der Waals surface area (Å²) in [6, 6.07) is 8.74. The summed E-state index contributed by atoms with van der Waals surface area (Å²) in [7, 11) is 1.60. The minimum Gasteiger partial charge on any atom is -0.383 e. The summed E-state index contributed by atoms with van der Waals surface area (Å²) < 4.78 is 5.01. The summed E-state index contributed by atoms with van der Waals surface area (Å²) in [4.78, 5) is 12.5. The zero-order valence-electron chi connectivity index (χ0n) is 10.9. The molecule has 0 amide bonds. The molecule has 0 fully saturated rings. The standard InChI is InChI=1S/C13H17N3O3/c1-19-10-9-15(8-4-7-14)11-12-5-2-3-6-13(12)16(17)18/h2-3,5-6H,4,8-11H2,1H3. The van der Waals surface area contributed by atoms with Crippen LogP contribution in [-0.2, 0) is 11.3 Å². The van der Waals surface area contributed by atoms with Crippen molar-refractivity contribution in [1.82, 2.24) is 4.90 Å². The maximum atomic E-state index is 10.9. The Bertz CT molecular complexity index is 457. The third-order valence-electron chi connectivity index (χ3n) is 2.73. The van der Waals surface area contributed by atoms with Crippen LogP contribution in [0.15, 0.2) is 24.3 Å². The molecule has 0 aliphatic carbocycles. The fraction of sp³-hybridized carbons (Fsp3) is 0.462. The van der Waals surface area contributed by atoms with Crippen LogP contribution in [-0.4, -0.2) is 36.6 Å². The van der Waals surface area contributed by atoms with Crippen molar-refractivity contribution in [2.75, 3.05) is 26.8 Å². The van der Waals surface area contributed by atoms with Crippen molar-refractivity contribution < 1.29 is 9.66 Å². The van der Waals surface area contributed by atoms with E-state index in [1.54, 1.807) is 25.3 Å². The van der Waals surface area contributed by atoms with Gasteiger partial charge in [0.05, 0.1) is 17.6 Å². The molecule has 6 nitrogen and oxygen atoms in total. The van der Waals surface area contributed by atoms with Gasteiger partial charge in [-0.3, -0.25) is 15.0 Å². The van der Waals surface area contributed by atoms with Crippen LogP contribution >= 0.6 is 0 Å². The van der Waals surface area contributed by atoms with Crippen LogP contribution in [0, 0.1) is 21.4 Å². The highest BCUT2D eigenvalue weighted by Gasteiger charge is 2.15. The number of benzene rings is 1. The molecule has 0 aliphatic rings. The van der Waals surface area contributed by atoms with Crippen molar-refractivity contribution in [1.29, 1.82) is 5.26 Å². The minimum atomic E-state index is -0.381. The lowest BCUT2D eigenvalue weighted by Crippen LogP contribution is -2.28. The molecular formula is C13H17N3O3. The molecule has 0 aliphatic heterocycles. The van der Waals surface area contributed by atoms with Crippen LogP contribution in [0.25, 0.3) is 0 Å². The molecule has 1 rings (SSSR count). The molecule has 102 valence electrons. The van der Waals surface area contributed by atoms with Gasteiger partial charge in [0, 0.05) is 44.8 Å². The third-order valence-corrected chi connectivity index (χ3v) is 2.73. The second-order valence-corrected chi connectivity index (χ2v) is 4.06. The van der Waals surface area contributed by atoms with E-state index in [1.807, 2.05) is 4.90 Å². The average Bonchev–Trinajstić information content (AvgIpc) is 2.42. The van der Waals surface area contributed by atoms with Crippen LogP contribution in [0.2, 0.25) is 0 Å². The summed E-state index contributed by atoms with van der Waals surface area (Å²) >= 11 is 0. The van der Waals surface area contributed by atoms with Crippen molar-refractivity contribution in [2.24, 2.45) is 0 Å². The average molecular weight is 263 g/mol. The van der Waals surface area contributed by atoms with Gasteiger partial charge in [-0.2, -0.15) is 5.26 Å². The molecular weight excluding hydrogens is 246 g/mol. The second-order valence-electron chi connectivity index (χ2n) is 4.06. The van der Waals surface area contributed by atoms with E-state index in [-0.39, 0.29) is 10.6 Å². The molecule has 1 aromatic rings. The van der Waals surface area contributed by atoms with Crippen molar-refractivity contribution >= 4 is 5.69 Å². The lowest BCUT2D eigenvalue weighted by Gasteiger charge is -2.20. The predicted octanol–water partition coefficient (Wildman–Crippen LogP) is 1.96. The summed E-state index contributed by atoms with van der Waals surface area (Å²) in [5.74, 6) is 0. The van der Waals surface area contributed by atoms with Crippen molar-refractivity contribution in [3.63, 3.8) is 0 Å². The number of nitro benzene ring substituents is 1. The Kier molecular flexibility index (Phi) is 6.50. The molecule has 1 aromatic carbocycles. The highest BCUT2D eigenvalue weighted by molar-refractivity contribution is 5.39. The summed E-state index contributed by atoms with van der Waals surface area (Å²) in [6.45, 7) is 2.20. The van der Waals surface area contributed by atoms with Gasteiger partial charge in [0.1, 0.15) is 0 Å². The number of rotatable bonds is 8. The van der Waals surface area contributed by atoms with Gasteiger partial charge >= 0.3 is 0 Å². The fourth-order valence-corrected chi connectivity index (χ4v) is 1.76. The molecule has 0 saturated heterocycles. The van der Waals surface area contributed by atoms with Crippen molar-refractivity contribution in [2.45, 2.75) is 13.0 Å². The third kappa shape index (κ3) is 5.04. The van der Waals surface area contributed by atoms with Crippen molar-refractivity contribution in [3.05, 3.63) is 39.9 Å². The molecule has 0 aromatic heterocycles. The fourth-order valence-electron chi connectivity index (χ4n) is 1.76. The molecule has 0 spiro atoms. The second kappa shape index (κ2) is 8.19. The first-order valence-electron chi connectivity index (χ1n) is 5.99. The van der Waals surface area contributed by atoms with E-state index >= 15 is 0 Å². The van der Waals surface area contributed by atoms with Gasteiger partial charge in [0.2, 0.25) is 0 Å². The number of ether oxygens (including phenoxy) is 1. The first-order valence-corrected chi connectivity index (χ1v) is 5.99. The molecule has 0 N–H and O–H groups in total. The van der Waals surface area contributed by atoms with Crippen molar-refractivity contribution in [3.8, 4) is 6.07 Å². The summed E-state index contributed by atoms with van der Waals surface area (Å²) in [6.07, 6.45) is 0.393. The first-order chi connectivity index (χ1) is 9.19. The first kappa shape index (κ1) is 15.1. The molecule has 0 radical (unpaired) electrons. The van der Waals surface area contributed by atoms with Crippen LogP contribution < -0.4 is 0 Å². The molecule has 19 heavy (non-hydrogen) atoms. The maximum absolute atomic E-state index is 10.9. The molecule has 0 atom stereocenters. The summed E-state index contributed by atoms with van der Waals surface area (Å²) in [5, 5.41) is 19.6. The number of methoxy groups -OCH3 is 1. The van der Waals surface area contributed by atoms with Gasteiger partial charge < -0.3 is 4.74 Å². The lowest BCUT2D eigenvalue weighted by molar-refractivity contribution is -0.385. The Morgan fingerprint density at radius 2 is 2.16 bits per heavy atom. The van der Waals surface area contributed by atoms with Gasteiger partial charge in [-0.1, -0.05) is 18.2 Å². The number of nitrogens with zero attached hydrogens (tertiary/aromatic N) is 3. The van der Waals surface area contributed by atoms with Crippen LogP contribution in [0.3, 0.4) is 0 Å². The van der Waals surface area contributed by atoms with E-state index in [1.165, 1.54) is 6.07 Å². The van der Waals surface area contributed by atoms with E-state index in [0.29, 0.717) is 38.2 Å². The van der Waals surface area contributed by atoms with E-state index < -0.39 is 0 Å². The van der Waals surface area contributed by atoms with Gasteiger partial charge in [0.15, 0.2) is 0 Å². The molecule has 0 bridgehead atoms. The quantitative estimate of drug-likeness (QED) is 0.529. The van der Waals surface area contributed by atoms with Crippen LogP contribution in [0.5, 0.6) is 0 Å². The molecule has 0 unspecified atom stereocenters. The monoisotopic (exact) mass is 263 g/mol. The number of hydrogen-bond donors (Lipinski definition) is 0. The zero-order valence-corrected chi connectivity index (χ0v) is 10.9. The number of nitriles is 1.